The lowest BCUT2D eigenvalue weighted by Crippen LogP contribution is -2.41. The van der Waals surface area contributed by atoms with Crippen molar-refractivity contribution in [1.82, 2.24) is 20.2 Å². The van der Waals surface area contributed by atoms with Gasteiger partial charge in [-0.1, -0.05) is 11.6 Å². The van der Waals surface area contributed by atoms with Crippen molar-refractivity contribution in [2.45, 2.75) is 39.3 Å². The molecule has 2 N–H and O–H groups in total. The minimum atomic E-state index is -0.517. The lowest BCUT2D eigenvalue weighted by Gasteiger charge is -2.28. The molecule has 0 bridgehead atoms. The van der Waals surface area contributed by atoms with Crippen molar-refractivity contribution >= 4 is 17.7 Å². The second-order valence-corrected chi connectivity index (χ2v) is 8.24. The number of hydrogen-bond donors (Lipinski definition) is 2. The third-order valence-electron chi connectivity index (χ3n) is 4.37. The molecule has 2 aromatic rings. The molecule has 0 saturated heterocycles. The maximum Gasteiger partial charge on any atom is 0.407 e. The average Bonchev–Trinajstić information content (AvgIpc) is 2.60. The van der Waals surface area contributed by atoms with Gasteiger partial charge in [0.05, 0.1) is 5.69 Å². The Kier molecular flexibility index (Phi) is 6.05. The predicted molar refractivity (Wildman–Crippen MR) is 109 cm³/mol. The molecule has 0 radical (unpaired) electrons. The summed E-state index contributed by atoms with van der Waals surface area (Å²) in [5.41, 5.74) is 1.71. The summed E-state index contributed by atoms with van der Waals surface area (Å²) in [6.45, 7) is 7.92. The number of benzene rings is 1. The number of nitrogens with one attached hydrogen (secondary N) is 2. The zero-order valence-electron chi connectivity index (χ0n) is 16.3. The van der Waals surface area contributed by atoms with Crippen LogP contribution in [0.3, 0.4) is 0 Å². The van der Waals surface area contributed by atoms with Gasteiger partial charge in [0.15, 0.2) is 0 Å². The van der Waals surface area contributed by atoms with Crippen LogP contribution in [0.25, 0.3) is 11.4 Å². The Morgan fingerprint density at radius 1 is 1.32 bits per heavy atom. The highest BCUT2D eigenvalue weighted by Crippen LogP contribution is 2.20. The number of fused-ring (bicyclic) bond motifs is 1. The molecule has 0 aliphatic carbocycles. The number of halogens is 1. The van der Waals surface area contributed by atoms with E-state index in [9.17, 15) is 9.59 Å². The monoisotopic (exact) mass is 404 g/mol. The Balaban J connectivity index is 1.64. The van der Waals surface area contributed by atoms with Crippen molar-refractivity contribution < 1.29 is 9.53 Å². The maximum atomic E-state index is 12.5. The van der Waals surface area contributed by atoms with Gasteiger partial charge in [0.1, 0.15) is 11.4 Å². The molecule has 0 fully saturated rings. The summed E-state index contributed by atoms with van der Waals surface area (Å²) in [5, 5.41) is 3.39. The van der Waals surface area contributed by atoms with Gasteiger partial charge in [-0.3, -0.25) is 9.69 Å². The minimum Gasteiger partial charge on any atom is -0.444 e. The number of aromatic nitrogens is 2. The lowest BCUT2D eigenvalue weighted by molar-refractivity contribution is 0.0521. The number of ether oxygens (including phenoxy) is 1. The molecule has 0 spiro atoms. The van der Waals surface area contributed by atoms with Gasteiger partial charge in [0.2, 0.25) is 0 Å². The van der Waals surface area contributed by atoms with Crippen LogP contribution in [0.5, 0.6) is 0 Å². The predicted octanol–water partition coefficient (Wildman–Crippen LogP) is 2.97. The van der Waals surface area contributed by atoms with Crippen LogP contribution in [0.15, 0.2) is 29.1 Å². The maximum absolute atomic E-state index is 12.5. The van der Waals surface area contributed by atoms with Gasteiger partial charge in [-0.25, -0.2) is 9.78 Å². The lowest BCUT2D eigenvalue weighted by atomic mass is 10.1. The van der Waals surface area contributed by atoms with E-state index >= 15 is 0 Å². The normalized spacial score (nSPS) is 14.4. The second kappa shape index (κ2) is 8.32. The Morgan fingerprint density at radius 3 is 2.71 bits per heavy atom. The van der Waals surface area contributed by atoms with E-state index in [1.54, 1.807) is 12.1 Å². The summed E-state index contributed by atoms with van der Waals surface area (Å²) < 4.78 is 5.24. The van der Waals surface area contributed by atoms with Gasteiger partial charge in [0.25, 0.3) is 5.56 Å². The molecule has 1 aliphatic rings. The summed E-state index contributed by atoms with van der Waals surface area (Å²) in [7, 11) is 0. The van der Waals surface area contributed by atoms with Crippen LogP contribution in [0, 0.1) is 0 Å². The molecule has 0 atom stereocenters. The first-order valence-corrected chi connectivity index (χ1v) is 9.66. The number of carbonyl (C=O) groups is 1. The van der Waals surface area contributed by atoms with Crippen LogP contribution in [0.4, 0.5) is 4.79 Å². The first-order chi connectivity index (χ1) is 13.2. The van der Waals surface area contributed by atoms with Crippen LogP contribution in [-0.4, -0.2) is 46.2 Å². The van der Waals surface area contributed by atoms with Crippen LogP contribution < -0.4 is 10.9 Å². The summed E-state index contributed by atoms with van der Waals surface area (Å²) in [5.74, 6) is 0.536. The van der Waals surface area contributed by atoms with Gasteiger partial charge >= 0.3 is 6.09 Å². The minimum absolute atomic E-state index is 0.0959. The molecule has 28 heavy (non-hydrogen) atoms. The number of hydrogen-bond acceptors (Lipinski definition) is 5. The standard InChI is InChI=1S/C20H25ClN4O3/c1-20(2,3)28-19(27)22-9-11-25-10-8-15-16(12-25)23-17(24-18(15)26)13-4-6-14(21)7-5-13/h4-7H,8-12H2,1-3H3,(H,22,27)(H,23,24,26). The van der Waals surface area contributed by atoms with Gasteiger partial charge in [-0.05, 0) is 51.5 Å². The van der Waals surface area contributed by atoms with Crippen molar-refractivity contribution in [3.63, 3.8) is 0 Å². The molecular weight excluding hydrogens is 380 g/mol. The fraction of sp³-hybridized carbons (Fsp3) is 0.450. The van der Waals surface area contributed by atoms with Gasteiger partial charge in [-0.15, -0.1) is 0 Å². The van der Waals surface area contributed by atoms with E-state index in [0.717, 1.165) is 23.4 Å². The average molecular weight is 405 g/mol. The summed E-state index contributed by atoms with van der Waals surface area (Å²) >= 11 is 5.93. The van der Waals surface area contributed by atoms with Crippen LogP contribution >= 0.6 is 11.6 Å². The van der Waals surface area contributed by atoms with Gasteiger partial charge in [0, 0.05) is 42.3 Å². The first-order valence-electron chi connectivity index (χ1n) is 9.28. The Hall–Kier alpha value is -2.38. The molecule has 2 heterocycles. The molecule has 1 amide bonds. The number of rotatable bonds is 4. The SMILES string of the molecule is CC(C)(C)OC(=O)NCCN1CCc2c(nc(-c3ccc(Cl)cc3)[nH]c2=O)C1. The molecular formula is C20H25ClN4O3. The molecule has 8 heteroatoms. The molecule has 0 unspecified atom stereocenters. The second-order valence-electron chi connectivity index (χ2n) is 7.80. The van der Waals surface area contributed by atoms with Crippen LogP contribution in [0.1, 0.15) is 32.0 Å². The zero-order chi connectivity index (χ0) is 20.3. The third-order valence-corrected chi connectivity index (χ3v) is 4.62. The molecule has 1 aromatic carbocycles. The molecule has 7 nitrogen and oxygen atoms in total. The van der Waals surface area contributed by atoms with E-state index in [0.29, 0.717) is 36.9 Å². The zero-order valence-corrected chi connectivity index (χ0v) is 17.1. The number of H-pyrrole nitrogens is 1. The smallest absolute Gasteiger partial charge is 0.407 e. The van der Waals surface area contributed by atoms with E-state index < -0.39 is 11.7 Å². The molecule has 150 valence electrons. The van der Waals surface area contributed by atoms with Crippen molar-refractivity contribution in [1.29, 1.82) is 0 Å². The van der Waals surface area contributed by atoms with Crippen molar-refractivity contribution in [3.05, 3.63) is 50.9 Å². The highest BCUT2D eigenvalue weighted by molar-refractivity contribution is 6.30. The Morgan fingerprint density at radius 2 is 2.04 bits per heavy atom. The largest absolute Gasteiger partial charge is 0.444 e. The number of amides is 1. The van der Waals surface area contributed by atoms with Crippen LogP contribution in [-0.2, 0) is 17.7 Å². The Labute approximate surface area is 169 Å². The van der Waals surface area contributed by atoms with E-state index in [1.165, 1.54) is 0 Å². The quantitative estimate of drug-likeness (QED) is 0.818. The third kappa shape index (κ3) is 5.33. The Bertz CT molecular complexity index is 903. The van der Waals surface area contributed by atoms with E-state index in [-0.39, 0.29) is 5.56 Å². The molecule has 0 saturated carbocycles. The van der Waals surface area contributed by atoms with Crippen molar-refractivity contribution in [2.24, 2.45) is 0 Å². The van der Waals surface area contributed by atoms with Crippen LogP contribution in [0.2, 0.25) is 5.02 Å². The number of carbonyl (C=O) groups excluding carboxylic acids is 1. The van der Waals surface area contributed by atoms with Crippen molar-refractivity contribution in [2.75, 3.05) is 19.6 Å². The summed E-state index contributed by atoms with van der Waals surface area (Å²) in [4.78, 5) is 33.9. The fourth-order valence-electron chi connectivity index (χ4n) is 3.06. The highest BCUT2D eigenvalue weighted by atomic mass is 35.5. The van der Waals surface area contributed by atoms with E-state index in [2.05, 4.69) is 20.2 Å². The topological polar surface area (TPSA) is 87.3 Å². The van der Waals surface area contributed by atoms with Gasteiger partial charge in [-0.2, -0.15) is 0 Å². The van der Waals surface area contributed by atoms with E-state index in [1.807, 2.05) is 32.9 Å². The highest BCUT2D eigenvalue weighted by Gasteiger charge is 2.22. The fourth-order valence-corrected chi connectivity index (χ4v) is 3.19. The van der Waals surface area contributed by atoms with Crippen molar-refractivity contribution in [3.8, 4) is 11.4 Å². The summed E-state index contributed by atoms with van der Waals surface area (Å²) in [6.07, 6.45) is 0.204. The number of aromatic amines is 1. The van der Waals surface area contributed by atoms with Gasteiger partial charge < -0.3 is 15.0 Å². The number of nitrogens with zero attached hydrogens (tertiary/aromatic N) is 2. The molecule has 3 rings (SSSR count). The first kappa shape index (κ1) is 20.4. The summed E-state index contributed by atoms with van der Waals surface area (Å²) in [6, 6.07) is 7.20. The molecule has 1 aliphatic heterocycles. The number of alkyl carbamates (subject to hydrolysis) is 1. The van der Waals surface area contributed by atoms with E-state index in [4.69, 9.17) is 16.3 Å². The molecule has 1 aromatic heterocycles.